The van der Waals surface area contributed by atoms with E-state index < -0.39 is 10.6 Å². The van der Waals surface area contributed by atoms with Gasteiger partial charge in [0.15, 0.2) is 0 Å². The largest absolute Gasteiger partial charge is 0.368 e. The van der Waals surface area contributed by atoms with Gasteiger partial charge >= 0.3 is 5.69 Å². The number of rotatable bonds is 6. The number of nitrogens with zero attached hydrogens (tertiary/aromatic N) is 5. The molecule has 0 spiro atoms. The Morgan fingerprint density at radius 3 is 2.21 bits per heavy atom. The van der Waals surface area contributed by atoms with Gasteiger partial charge in [-0.05, 0) is 59.0 Å². The second kappa shape index (κ2) is 8.34. The zero-order valence-corrected chi connectivity index (χ0v) is 17.7. The fourth-order valence-electron chi connectivity index (χ4n) is 3.33. The van der Waals surface area contributed by atoms with E-state index in [1.807, 2.05) is 13.8 Å². The summed E-state index contributed by atoms with van der Waals surface area (Å²) in [5.74, 6) is 0. The van der Waals surface area contributed by atoms with E-state index in [-0.39, 0.29) is 12.2 Å². The second-order valence-corrected chi connectivity index (χ2v) is 7.38. The maximum Gasteiger partial charge on any atom is 0.368 e. The summed E-state index contributed by atoms with van der Waals surface area (Å²) in [5, 5.41) is 19.9. The van der Waals surface area contributed by atoms with Gasteiger partial charge in [-0.15, -0.1) is 0 Å². The van der Waals surface area contributed by atoms with Crippen molar-refractivity contribution in [3.8, 4) is 5.69 Å². The van der Waals surface area contributed by atoms with Gasteiger partial charge in [0.05, 0.1) is 17.2 Å². The lowest BCUT2D eigenvalue weighted by atomic mass is 10.0. The predicted molar refractivity (Wildman–Crippen MR) is 111 cm³/mol. The van der Waals surface area contributed by atoms with Crippen molar-refractivity contribution in [3.63, 3.8) is 0 Å². The van der Waals surface area contributed by atoms with Crippen molar-refractivity contribution in [2.75, 3.05) is 0 Å². The molecule has 1 aromatic heterocycles. The number of hydrogen-bond acceptors (Lipinski definition) is 5. The van der Waals surface area contributed by atoms with Crippen molar-refractivity contribution in [1.82, 2.24) is 19.8 Å². The lowest BCUT2D eigenvalue weighted by Gasteiger charge is -2.15. The lowest BCUT2D eigenvalue weighted by molar-refractivity contribution is -0.385. The van der Waals surface area contributed by atoms with Crippen molar-refractivity contribution in [3.05, 3.63) is 77.2 Å². The van der Waals surface area contributed by atoms with Gasteiger partial charge in [-0.1, -0.05) is 43.1 Å². The normalized spacial score (nSPS) is 11.1. The molecule has 0 saturated carbocycles. The molecule has 29 heavy (non-hydrogen) atoms. The van der Waals surface area contributed by atoms with Crippen LogP contribution >= 0.6 is 23.2 Å². The standard InChI is InChI=1S/C19H19Cl2N5O3/c1-4-13-15(20)9-16(21)14(5-2)18(13)25-19(27)24(22-23-25)10-12-6-7-17(26(28)29)11(3)8-12/h6-9H,4-5,10H2,1-3H3. The molecule has 0 bridgehead atoms. The fraction of sp³-hybridized carbons (Fsp3) is 0.316. The first-order chi connectivity index (χ1) is 13.8. The van der Waals surface area contributed by atoms with Gasteiger partial charge in [0.2, 0.25) is 0 Å². The Labute approximate surface area is 176 Å². The number of halogens is 2. The van der Waals surface area contributed by atoms with Gasteiger partial charge in [-0.3, -0.25) is 10.1 Å². The van der Waals surface area contributed by atoms with Gasteiger partial charge in [-0.25, -0.2) is 4.79 Å². The third-order valence-corrected chi connectivity index (χ3v) is 5.42. The van der Waals surface area contributed by atoms with Crippen LogP contribution in [0.15, 0.2) is 29.1 Å². The van der Waals surface area contributed by atoms with Crippen LogP contribution in [0.25, 0.3) is 5.69 Å². The zero-order chi connectivity index (χ0) is 21.3. The number of benzene rings is 2. The minimum Gasteiger partial charge on any atom is -0.258 e. The van der Waals surface area contributed by atoms with Crippen LogP contribution in [0.2, 0.25) is 10.0 Å². The van der Waals surface area contributed by atoms with Crippen LogP contribution in [0.4, 0.5) is 5.69 Å². The molecule has 0 radical (unpaired) electrons. The quantitative estimate of drug-likeness (QED) is 0.428. The van der Waals surface area contributed by atoms with Crippen molar-refractivity contribution < 1.29 is 4.92 Å². The Morgan fingerprint density at radius 2 is 1.69 bits per heavy atom. The molecule has 0 saturated heterocycles. The number of tetrazole rings is 1. The Bertz CT molecular complexity index is 1130. The van der Waals surface area contributed by atoms with E-state index in [0.29, 0.717) is 39.7 Å². The van der Waals surface area contributed by atoms with Crippen LogP contribution in [0.3, 0.4) is 0 Å². The first-order valence-corrected chi connectivity index (χ1v) is 9.80. The average molecular weight is 436 g/mol. The molecule has 10 heteroatoms. The molecule has 8 nitrogen and oxygen atoms in total. The highest BCUT2D eigenvalue weighted by molar-refractivity contribution is 6.36. The summed E-state index contributed by atoms with van der Waals surface area (Å²) in [6.07, 6.45) is 1.19. The lowest BCUT2D eigenvalue weighted by Crippen LogP contribution is -2.26. The van der Waals surface area contributed by atoms with Crippen molar-refractivity contribution in [2.45, 2.75) is 40.2 Å². The number of nitro benzene ring substituents is 1. The molecule has 3 aromatic rings. The summed E-state index contributed by atoms with van der Waals surface area (Å²) >= 11 is 12.7. The van der Waals surface area contributed by atoms with Crippen molar-refractivity contribution >= 4 is 28.9 Å². The number of hydrogen-bond donors (Lipinski definition) is 0. The van der Waals surface area contributed by atoms with Gasteiger partial charge in [0.25, 0.3) is 5.69 Å². The predicted octanol–water partition coefficient (Wildman–Crippen LogP) is 4.13. The number of aromatic nitrogens is 4. The third kappa shape index (κ3) is 3.90. The first kappa shape index (κ1) is 21.0. The maximum absolute atomic E-state index is 13.0. The summed E-state index contributed by atoms with van der Waals surface area (Å²) in [6.45, 7) is 5.66. The minimum absolute atomic E-state index is 0.0264. The van der Waals surface area contributed by atoms with E-state index in [1.54, 1.807) is 25.1 Å². The molecule has 152 valence electrons. The monoisotopic (exact) mass is 435 g/mol. The van der Waals surface area contributed by atoms with E-state index in [9.17, 15) is 14.9 Å². The Balaban J connectivity index is 2.07. The van der Waals surface area contributed by atoms with Gasteiger partial charge in [0, 0.05) is 21.7 Å². The Morgan fingerprint density at radius 1 is 1.07 bits per heavy atom. The summed E-state index contributed by atoms with van der Waals surface area (Å²) in [7, 11) is 0. The molecule has 0 atom stereocenters. The van der Waals surface area contributed by atoms with E-state index in [4.69, 9.17) is 23.2 Å². The van der Waals surface area contributed by atoms with Gasteiger partial charge in [-0.2, -0.15) is 9.36 Å². The molecular weight excluding hydrogens is 417 g/mol. The molecule has 0 aliphatic carbocycles. The highest BCUT2D eigenvalue weighted by atomic mass is 35.5. The highest BCUT2D eigenvalue weighted by Gasteiger charge is 2.20. The smallest absolute Gasteiger partial charge is 0.258 e. The molecule has 0 N–H and O–H groups in total. The molecule has 0 fully saturated rings. The van der Waals surface area contributed by atoms with Crippen LogP contribution in [0.5, 0.6) is 0 Å². The van der Waals surface area contributed by atoms with Crippen LogP contribution in [-0.2, 0) is 19.4 Å². The van der Waals surface area contributed by atoms with Crippen molar-refractivity contribution in [2.24, 2.45) is 0 Å². The molecule has 2 aromatic carbocycles. The number of nitro groups is 1. The van der Waals surface area contributed by atoms with Gasteiger partial charge in [0.1, 0.15) is 0 Å². The number of aryl methyl sites for hydroxylation is 1. The second-order valence-electron chi connectivity index (χ2n) is 6.56. The fourth-order valence-corrected chi connectivity index (χ4v) is 4.05. The molecule has 0 amide bonds. The molecule has 0 aliphatic rings. The Hall–Kier alpha value is -2.71. The van der Waals surface area contributed by atoms with Crippen LogP contribution in [0.1, 0.15) is 36.1 Å². The van der Waals surface area contributed by atoms with Gasteiger partial charge < -0.3 is 0 Å². The maximum atomic E-state index is 13.0. The molecule has 0 unspecified atom stereocenters. The SMILES string of the molecule is CCc1c(Cl)cc(Cl)c(CC)c1-n1nnn(Cc2ccc([N+](=O)[O-])c(C)c2)c1=O. The zero-order valence-electron chi connectivity index (χ0n) is 16.1. The van der Waals surface area contributed by atoms with Crippen LogP contribution in [-0.4, -0.2) is 24.7 Å². The topological polar surface area (TPSA) is 95.8 Å². The van der Waals surface area contributed by atoms with E-state index in [2.05, 4.69) is 10.4 Å². The van der Waals surface area contributed by atoms with Crippen LogP contribution in [0, 0.1) is 17.0 Å². The van der Waals surface area contributed by atoms with E-state index in [1.165, 1.54) is 15.4 Å². The molecular formula is C19H19Cl2N5O3. The summed E-state index contributed by atoms with van der Waals surface area (Å²) in [4.78, 5) is 23.5. The summed E-state index contributed by atoms with van der Waals surface area (Å²) in [5.41, 5.74) is 2.90. The molecule has 0 aliphatic heterocycles. The average Bonchev–Trinajstić information content (AvgIpc) is 3.01. The first-order valence-electron chi connectivity index (χ1n) is 9.05. The minimum atomic E-state index is -0.441. The van der Waals surface area contributed by atoms with Crippen LogP contribution < -0.4 is 5.69 Å². The molecule has 1 heterocycles. The van der Waals surface area contributed by atoms with E-state index in [0.717, 1.165) is 11.1 Å². The highest BCUT2D eigenvalue weighted by Crippen LogP contribution is 2.33. The van der Waals surface area contributed by atoms with E-state index >= 15 is 0 Å². The molecule has 3 rings (SSSR count). The third-order valence-electron chi connectivity index (χ3n) is 4.75. The summed E-state index contributed by atoms with van der Waals surface area (Å²) < 4.78 is 2.42. The van der Waals surface area contributed by atoms with Crippen molar-refractivity contribution in [1.29, 1.82) is 0 Å². The Kier molecular flexibility index (Phi) is 6.04. The summed E-state index contributed by atoms with van der Waals surface area (Å²) in [6, 6.07) is 6.36.